The van der Waals surface area contributed by atoms with E-state index in [-0.39, 0.29) is 11.8 Å². The minimum Gasteiger partial charge on any atom is -0.335 e. The molecule has 0 bridgehead atoms. The summed E-state index contributed by atoms with van der Waals surface area (Å²) in [5.74, 6) is 0.422. The van der Waals surface area contributed by atoms with Crippen molar-refractivity contribution in [3.05, 3.63) is 65.7 Å². The number of anilines is 1. The number of hydrogen-bond acceptors (Lipinski definition) is 3. The van der Waals surface area contributed by atoms with Crippen molar-refractivity contribution < 1.29 is 9.59 Å². The molecule has 0 aliphatic carbocycles. The van der Waals surface area contributed by atoms with Crippen LogP contribution in [-0.2, 0) is 4.79 Å². The number of nitrogens with zero attached hydrogens (tertiary/aromatic N) is 1. The van der Waals surface area contributed by atoms with Gasteiger partial charge in [-0.05, 0) is 35.8 Å². The Morgan fingerprint density at radius 1 is 1.12 bits per heavy atom. The van der Waals surface area contributed by atoms with Gasteiger partial charge in [0, 0.05) is 23.5 Å². The summed E-state index contributed by atoms with van der Waals surface area (Å²) in [5.41, 5.74) is 3.88. The van der Waals surface area contributed by atoms with E-state index < -0.39 is 0 Å². The van der Waals surface area contributed by atoms with E-state index >= 15 is 0 Å². The topological polar surface area (TPSA) is 49.4 Å². The van der Waals surface area contributed by atoms with Crippen molar-refractivity contribution in [2.24, 2.45) is 0 Å². The molecule has 2 aromatic rings. The molecule has 2 aliphatic heterocycles. The van der Waals surface area contributed by atoms with Gasteiger partial charge in [0.2, 0.25) is 5.91 Å². The first-order valence-corrected chi connectivity index (χ1v) is 9.30. The Balaban J connectivity index is 1.50. The molecular weight excluding hydrogens is 332 g/mol. The first-order chi connectivity index (χ1) is 12.2. The Labute approximate surface area is 150 Å². The lowest BCUT2D eigenvalue weighted by molar-refractivity contribution is -0.113. The summed E-state index contributed by atoms with van der Waals surface area (Å²) in [6, 6.07) is 15.8. The van der Waals surface area contributed by atoms with E-state index in [2.05, 4.69) is 23.5 Å². The Hall–Kier alpha value is -2.53. The van der Waals surface area contributed by atoms with Crippen LogP contribution in [0.2, 0.25) is 0 Å². The van der Waals surface area contributed by atoms with Crippen LogP contribution in [0.1, 0.15) is 22.3 Å². The molecule has 4 nitrogen and oxygen atoms in total. The van der Waals surface area contributed by atoms with Gasteiger partial charge in [-0.15, -0.1) is 11.8 Å². The van der Waals surface area contributed by atoms with Gasteiger partial charge in [0.25, 0.3) is 5.91 Å². The Morgan fingerprint density at radius 2 is 1.96 bits per heavy atom. The zero-order chi connectivity index (χ0) is 17.2. The van der Waals surface area contributed by atoms with Gasteiger partial charge in [-0.3, -0.25) is 9.59 Å². The summed E-state index contributed by atoms with van der Waals surface area (Å²) in [6.07, 6.45) is 2.99. The van der Waals surface area contributed by atoms with Crippen molar-refractivity contribution in [3.63, 3.8) is 0 Å². The third-order valence-electron chi connectivity index (χ3n) is 4.50. The predicted molar refractivity (Wildman–Crippen MR) is 101 cm³/mol. The van der Waals surface area contributed by atoms with Gasteiger partial charge in [-0.25, -0.2) is 0 Å². The van der Waals surface area contributed by atoms with Crippen molar-refractivity contribution in [1.29, 1.82) is 0 Å². The summed E-state index contributed by atoms with van der Waals surface area (Å²) in [4.78, 5) is 27.2. The summed E-state index contributed by atoms with van der Waals surface area (Å²) in [5, 5.41) is 2.84. The van der Waals surface area contributed by atoms with Crippen molar-refractivity contribution >= 4 is 34.8 Å². The molecule has 0 fully saturated rings. The van der Waals surface area contributed by atoms with E-state index in [4.69, 9.17) is 0 Å². The average molecular weight is 350 g/mol. The quantitative estimate of drug-likeness (QED) is 0.899. The zero-order valence-electron chi connectivity index (χ0n) is 13.7. The Morgan fingerprint density at radius 3 is 2.72 bits per heavy atom. The Bertz CT molecular complexity index is 861. The average Bonchev–Trinajstić information content (AvgIpc) is 2.67. The van der Waals surface area contributed by atoms with Gasteiger partial charge in [-0.1, -0.05) is 36.4 Å². The second-order valence-electron chi connectivity index (χ2n) is 6.14. The van der Waals surface area contributed by atoms with Gasteiger partial charge in [0.1, 0.15) is 0 Å². The third kappa shape index (κ3) is 3.33. The molecule has 0 spiro atoms. The minimum absolute atomic E-state index is 0.0102. The molecule has 2 aromatic carbocycles. The van der Waals surface area contributed by atoms with E-state index in [0.29, 0.717) is 24.4 Å². The molecule has 5 heteroatoms. The van der Waals surface area contributed by atoms with E-state index in [9.17, 15) is 9.59 Å². The molecular formula is C20H18N2O2S. The number of nitrogens with one attached hydrogen (secondary N) is 1. The number of rotatable bonds is 2. The summed E-state index contributed by atoms with van der Waals surface area (Å²) < 4.78 is 0. The highest BCUT2D eigenvalue weighted by molar-refractivity contribution is 8.00. The minimum atomic E-state index is -0.0180. The molecule has 25 heavy (non-hydrogen) atoms. The van der Waals surface area contributed by atoms with Gasteiger partial charge < -0.3 is 10.2 Å². The van der Waals surface area contributed by atoms with Crippen molar-refractivity contribution in [1.82, 2.24) is 4.90 Å². The van der Waals surface area contributed by atoms with Crippen LogP contribution < -0.4 is 5.32 Å². The van der Waals surface area contributed by atoms with Gasteiger partial charge in [0.15, 0.2) is 0 Å². The summed E-state index contributed by atoms with van der Waals surface area (Å²) >= 11 is 1.50. The molecule has 0 atom stereocenters. The van der Waals surface area contributed by atoms with Crippen molar-refractivity contribution in [2.75, 3.05) is 24.2 Å². The molecule has 0 aromatic heterocycles. The number of carbonyl (C=O) groups excluding carboxylic acids is 2. The largest absolute Gasteiger partial charge is 0.335 e. The highest BCUT2D eigenvalue weighted by atomic mass is 32.2. The molecule has 0 unspecified atom stereocenters. The predicted octanol–water partition coefficient (Wildman–Crippen LogP) is 3.66. The highest BCUT2D eigenvalue weighted by Crippen LogP contribution is 2.32. The lowest BCUT2D eigenvalue weighted by atomic mass is 9.99. The number of benzene rings is 2. The van der Waals surface area contributed by atoms with Gasteiger partial charge in [-0.2, -0.15) is 0 Å². The monoisotopic (exact) mass is 350 g/mol. The number of thioether (sulfide) groups is 1. The number of amides is 2. The van der Waals surface area contributed by atoms with Crippen molar-refractivity contribution in [2.45, 2.75) is 11.3 Å². The van der Waals surface area contributed by atoms with Gasteiger partial charge in [0.05, 0.1) is 11.4 Å². The van der Waals surface area contributed by atoms with Crippen LogP contribution in [0.4, 0.5) is 5.69 Å². The maximum absolute atomic E-state index is 12.8. The van der Waals surface area contributed by atoms with Crippen LogP contribution in [0.3, 0.4) is 0 Å². The fourth-order valence-corrected chi connectivity index (χ4v) is 3.96. The van der Waals surface area contributed by atoms with Crippen LogP contribution in [0, 0.1) is 0 Å². The lowest BCUT2D eigenvalue weighted by Crippen LogP contribution is -2.34. The smallest absolute Gasteiger partial charge is 0.254 e. The maximum Gasteiger partial charge on any atom is 0.254 e. The zero-order valence-corrected chi connectivity index (χ0v) is 14.5. The number of carbonyl (C=O) groups is 2. The standard InChI is InChI=1S/C20H18N2O2S/c23-19-13-25-18-7-6-16(12-17(18)21-19)20(24)22-10-8-15(9-11-22)14-4-2-1-3-5-14/h1-8,12H,9-11,13H2,(H,21,23). The molecule has 0 saturated carbocycles. The van der Waals surface area contributed by atoms with E-state index in [0.717, 1.165) is 17.0 Å². The normalized spacial score (nSPS) is 16.7. The summed E-state index contributed by atoms with van der Waals surface area (Å²) in [6.45, 7) is 1.32. The maximum atomic E-state index is 12.8. The molecule has 2 amide bonds. The van der Waals surface area contributed by atoms with Crippen LogP contribution in [0.25, 0.3) is 5.57 Å². The molecule has 4 rings (SSSR count). The highest BCUT2D eigenvalue weighted by Gasteiger charge is 2.22. The lowest BCUT2D eigenvalue weighted by Gasteiger charge is -2.27. The van der Waals surface area contributed by atoms with E-state index in [1.54, 1.807) is 6.07 Å². The number of fused-ring (bicyclic) bond motifs is 1. The Kier molecular flexibility index (Phi) is 4.32. The van der Waals surface area contributed by atoms with Crippen LogP contribution in [-0.4, -0.2) is 35.6 Å². The molecule has 126 valence electrons. The first kappa shape index (κ1) is 16.0. The molecule has 2 aliphatic rings. The fourth-order valence-electron chi connectivity index (χ4n) is 3.17. The third-order valence-corrected chi connectivity index (χ3v) is 5.57. The second-order valence-corrected chi connectivity index (χ2v) is 7.16. The van der Waals surface area contributed by atoms with E-state index in [1.807, 2.05) is 35.2 Å². The van der Waals surface area contributed by atoms with Crippen LogP contribution in [0.15, 0.2) is 59.5 Å². The van der Waals surface area contributed by atoms with E-state index in [1.165, 1.54) is 22.9 Å². The molecule has 2 heterocycles. The molecule has 1 N–H and O–H groups in total. The number of hydrogen-bond donors (Lipinski definition) is 1. The first-order valence-electron chi connectivity index (χ1n) is 8.31. The summed E-state index contributed by atoms with van der Waals surface area (Å²) in [7, 11) is 0. The van der Waals surface area contributed by atoms with Crippen LogP contribution in [0.5, 0.6) is 0 Å². The fraction of sp³-hybridized carbons (Fsp3) is 0.200. The van der Waals surface area contributed by atoms with Gasteiger partial charge >= 0.3 is 0 Å². The van der Waals surface area contributed by atoms with Crippen LogP contribution >= 0.6 is 11.8 Å². The molecule has 0 saturated heterocycles. The van der Waals surface area contributed by atoms with Crippen molar-refractivity contribution in [3.8, 4) is 0 Å². The molecule has 0 radical (unpaired) electrons. The second kappa shape index (κ2) is 6.76. The SMILES string of the molecule is O=C1CSc2ccc(C(=O)N3CC=C(c4ccccc4)CC3)cc2N1.